The van der Waals surface area contributed by atoms with Crippen LogP contribution in [0, 0.1) is 0 Å². The second-order valence-corrected chi connectivity index (χ2v) is 21.3. The molecule has 6 heteroatoms. The van der Waals surface area contributed by atoms with Gasteiger partial charge in [-0.2, -0.15) is 0 Å². The minimum atomic E-state index is -0.763. The fraction of sp³-hybridized carbons (Fsp3) is 0.921. The standard InChI is InChI=1S/C63H120O6/c1-4-7-10-13-16-19-22-24-25-26-27-28-29-30-31-32-33-34-35-36-37-39-41-44-47-50-53-56-62(65)68-59-60(58-67-61(64)55-52-49-46-43-40-21-18-15-12-9-6-3)69-63(66)57-54-51-48-45-42-38-23-20-17-14-11-8-5-2/h26-27,60H,4-25,28-59H2,1-3H3/b27-26-. The summed E-state index contributed by atoms with van der Waals surface area (Å²) in [6.45, 7) is 6.69. The van der Waals surface area contributed by atoms with Crippen LogP contribution >= 0.6 is 0 Å². The number of hydrogen-bond acceptors (Lipinski definition) is 6. The van der Waals surface area contributed by atoms with Crippen LogP contribution < -0.4 is 0 Å². The summed E-state index contributed by atoms with van der Waals surface area (Å²) in [5.41, 5.74) is 0. The van der Waals surface area contributed by atoms with Gasteiger partial charge in [0.2, 0.25) is 0 Å². The zero-order valence-electron chi connectivity index (χ0n) is 46.9. The average Bonchev–Trinajstić information content (AvgIpc) is 3.35. The van der Waals surface area contributed by atoms with E-state index in [-0.39, 0.29) is 31.1 Å². The molecule has 69 heavy (non-hydrogen) atoms. The quantitative estimate of drug-likeness (QED) is 0.0261. The van der Waals surface area contributed by atoms with Gasteiger partial charge in [-0.1, -0.05) is 303 Å². The molecular formula is C63H120O6. The lowest BCUT2D eigenvalue weighted by molar-refractivity contribution is -0.167. The first-order valence-corrected chi connectivity index (χ1v) is 31.2. The summed E-state index contributed by atoms with van der Waals surface area (Å²) < 4.78 is 16.9. The van der Waals surface area contributed by atoms with Crippen LogP contribution in [0.15, 0.2) is 12.2 Å². The van der Waals surface area contributed by atoms with Gasteiger partial charge < -0.3 is 14.2 Å². The van der Waals surface area contributed by atoms with Gasteiger partial charge in [0.15, 0.2) is 6.10 Å². The van der Waals surface area contributed by atoms with E-state index in [2.05, 4.69) is 32.9 Å². The highest BCUT2D eigenvalue weighted by molar-refractivity contribution is 5.71. The summed E-state index contributed by atoms with van der Waals surface area (Å²) in [6.07, 6.45) is 68.0. The van der Waals surface area contributed by atoms with Crippen molar-refractivity contribution in [1.82, 2.24) is 0 Å². The first kappa shape index (κ1) is 67.1. The molecule has 0 saturated carbocycles. The van der Waals surface area contributed by atoms with Crippen molar-refractivity contribution < 1.29 is 28.6 Å². The van der Waals surface area contributed by atoms with Gasteiger partial charge in [0.1, 0.15) is 13.2 Å². The minimum Gasteiger partial charge on any atom is -0.462 e. The Bertz CT molecular complexity index is 1070. The number of unbranched alkanes of at least 4 members (excludes halogenated alkanes) is 45. The lowest BCUT2D eigenvalue weighted by Gasteiger charge is -2.18. The van der Waals surface area contributed by atoms with E-state index in [1.807, 2.05) is 0 Å². The molecule has 1 unspecified atom stereocenters. The smallest absolute Gasteiger partial charge is 0.306 e. The molecule has 0 saturated heterocycles. The molecule has 0 aromatic carbocycles. The fourth-order valence-electron chi connectivity index (χ4n) is 9.56. The molecule has 0 rings (SSSR count). The van der Waals surface area contributed by atoms with Crippen molar-refractivity contribution in [3.8, 4) is 0 Å². The normalized spacial score (nSPS) is 12.0. The van der Waals surface area contributed by atoms with Crippen molar-refractivity contribution in [3.05, 3.63) is 12.2 Å². The van der Waals surface area contributed by atoms with Crippen LogP contribution in [0.2, 0.25) is 0 Å². The summed E-state index contributed by atoms with van der Waals surface area (Å²) in [7, 11) is 0. The monoisotopic (exact) mass is 973 g/mol. The highest BCUT2D eigenvalue weighted by atomic mass is 16.6. The van der Waals surface area contributed by atoms with Crippen molar-refractivity contribution in [2.24, 2.45) is 0 Å². The highest BCUT2D eigenvalue weighted by Crippen LogP contribution is 2.18. The van der Waals surface area contributed by atoms with E-state index in [9.17, 15) is 14.4 Å². The second-order valence-electron chi connectivity index (χ2n) is 21.3. The molecule has 0 fully saturated rings. The molecule has 1 atom stereocenters. The predicted molar refractivity (Wildman–Crippen MR) is 298 cm³/mol. The van der Waals surface area contributed by atoms with Gasteiger partial charge in [-0.15, -0.1) is 0 Å². The minimum absolute atomic E-state index is 0.0633. The summed E-state index contributed by atoms with van der Waals surface area (Å²) in [5, 5.41) is 0. The molecule has 0 N–H and O–H groups in total. The Balaban J connectivity index is 4.11. The number of rotatable bonds is 58. The average molecular weight is 974 g/mol. The molecule has 408 valence electrons. The van der Waals surface area contributed by atoms with Crippen molar-refractivity contribution in [2.45, 2.75) is 361 Å². The first-order chi connectivity index (χ1) is 34.0. The van der Waals surface area contributed by atoms with Gasteiger partial charge in [0.25, 0.3) is 0 Å². The van der Waals surface area contributed by atoms with Crippen LogP contribution in [-0.2, 0) is 28.6 Å². The predicted octanol–water partition coefficient (Wildman–Crippen LogP) is 20.9. The molecular weight excluding hydrogens is 853 g/mol. The molecule has 0 bridgehead atoms. The van der Waals surface area contributed by atoms with Crippen molar-refractivity contribution in [3.63, 3.8) is 0 Å². The summed E-state index contributed by atoms with van der Waals surface area (Å²) in [5.74, 6) is -0.838. The van der Waals surface area contributed by atoms with Gasteiger partial charge in [-0.3, -0.25) is 14.4 Å². The molecule has 0 spiro atoms. The van der Waals surface area contributed by atoms with Crippen molar-refractivity contribution >= 4 is 17.9 Å². The van der Waals surface area contributed by atoms with Crippen LogP contribution in [0.1, 0.15) is 355 Å². The molecule has 0 aliphatic heterocycles. The molecule has 0 radical (unpaired) electrons. The van der Waals surface area contributed by atoms with E-state index in [1.165, 1.54) is 257 Å². The molecule has 0 aliphatic rings. The van der Waals surface area contributed by atoms with Gasteiger partial charge in [-0.05, 0) is 44.9 Å². The van der Waals surface area contributed by atoms with Crippen LogP contribution in [0.4, 0.5) is 0 Å². The van der Waals surface area contributed by atoms with Gasteiger partial charge in [-0.25, -0.2) is 0 Å². The van der Waals surface area contributed by atoms with Gasteiger partial charge in [0, 0.05) is 19.3 Å². The number of esters is 3. The Labute approximate surface area is 431 Å². The van der Waals surface area contributed by atoms with Crippen LogP contribution in [0.3, 0.4) is 0 Å². The molecule has 0 amide bonds. The van der Waals surface area contributed by atoms with E-state index < -0.39 is 6.10 Å². The third kappa shape index (κ3) is 56.9. The number of ether oxygens (including phenoxy) is 3. The third-order valence-electron chi connectivity index (χ3n) is 14.3. The van der Waals surface area contributed by atoms with E-state index in [0.717, 1.165) is 57.8 Å². The third-order valence-corrected chi connectivity index (χ3v) is 14.3. The van der Waals surface area contributed by atoms with E-state index in [1.54, 1.807) is 0 Å². The first-order valence-electron chi connectivity index (χ1n) is 31.2. The van der Waals surface area contributed by atoms with Gasteiger partial charge >= 0.3 is 17.9 Å². The molecule has 0 aliphatic carbocycles. The Morgan fingerprint density at radius 3 is 0.725 bits per heavy atom. The highest BCUT2D eigenvalue weighted by Gasteiger charge is 2.19. The topological polar surface area (TPSA) is 78.9 Å². The Kier molecular flexibility index (Phi) is 57.1. The van der Waals surface area contributed by atoms with E-state index >= 15 is 0 Å². The second kappa shape index (κ2) is 58.7. The van der Waals surface area contributed by atoms with E-state index in [4.69, 9.17) is 14.2 Å². The summed E-state index contributed by atoms with van der Waals surface area (Å²) in [4.78, 5) is 38.1. The van der Waals surface area contributed by atoms with Crippen molar-refractivity contribution in [2.75, 3.05) is 13.2 Å². The number of carbonyl (C=O) groups excluding carboxylic acids is 3. The Morgan fingerprint density at radius 2 is 0.478 bits per heavy atom. The fourth-order valence-corrected chi connectivity index (χ4v) is 9.56. The maximum atomic E-state index is 12.8. The molecule has 0 aromatic rings. The van der Waals surface area contributed by atoms with Crippen LogP contribution in [-0.4, -0.2) is 37.2 Å². The number of carbonyl (C=O) groups is 3. The Hall–Kier alpha value is -1.85. The number of allylic oxidation sites excluding steroid dienone is 2. The molecule has 0 heterocycles. The van der Waals surface area contributed by atoms with Crippen LogP contribution in [0.25, 0.3) is 0 Å². The van der Waals surface area contributed by atoms with Crippen LogP contribution in [0.5, 0.6) is 0 Å². The van der Waals surface area contributed by atoms with E-state index in [0.29, 0.717) is 19.3 Å². The number of hydrogen-bond donors (Lipinski definition) is 0. The zero-order chi connectivity index (χ0) is 50.0. The maximum absolute atomic E-state index is 12.8. The molecule has 0 aromatic heterocycles. The largest absolute Gasteiger partial charge is 0.462 e. The van der Waals surface area contributed by atoms with Gasteiger partial charge in [0.05, 0.1) is 0 Å². The maximum Gasteiger partial charge on any atom is 0.306 e. The SMILES string of the molecule is CCCCCCCCCC/C=C\CCCCCCCCCCCCCCCCCC(=O)OCC(COC(=O)CCCCCCCCCCCCC)OC(=O)CCCCCCCCCCCCCCC. The summed E-state index contributed by atoms with van der Waals surface area (Å²) >= 11 is 0. The van der Waals surface area contributed by atoms with Crippen molar-refractivity contribution in [1.29, 1.82) is 0 Å². The summed E-state index contributed by atoms with van der Waals surface area (Å²) in [6, 6.07) is 0. The zero-order valence-corrected chi connectivity index (χ0v) is 46.9. The molecule has 6 nitrogen and oxygen atoms in total. The lowest BCUT2D eigenvalue weighted by Crippen LogP contribution is -2.30. The lowest BCUT2D eigenvalue weighted by atomic mass is 10.0. The Morgan fingerprint density at radius 1 is 0.275 bits per heavy atom.